The smallest absolute Gasteiger partial charge is 0.122 e. The maximum atomic E-state index is 9.09. The Balaban J connectivity index is 1.77. The number of ether oxygens (including phenoxy) is 1. The minimum absolute atomic E-state index is 0.0654. The Kier molecular flexibility index (Phi) is 5.38. The van der Waals surface area contributed by atoms with Crippen molar-refractivity contribution < 1.29 is 9.84 Å². The number of rotatable bonds is 8. The number of benzene rings is 1. The van der Waals surface area contributed by atoms with Crippen molar-refractivity contribution in [3.8, 4) is 5.75 Å². The van der Waals surface area contributed by atoms with Gasteiger partial charge in [0.15, 0.2) is 0 Å². The zero-order chi connectivity index (χ0) is 14.4. The lowest BCUT2D eigenvalue weighted by Gasteiger charge is -2.37. The highest BCUT2D eigenvalue weighted by atomic mass is 16.5. The molecule has 0 aliphatic heterocycles. The van der Waals surface area contributed by atoms with Crippen molar-refractivity contribution in [3.63, 3.8) is 0 Å². The lowest BCUT2D eigenvalue weighted by atomic mass is 9.91. The Hall–Kier alpha value is -1.59. The second kappa shape index (κ2) is 7.26. The van der Waals surface area contributed by atoms with E-state index in [1.165, 1.54) is 19.3 Å². The molecule has 0 bridgehead atoms. The lowest BCUT2D eigenvalue weighted by Crippen LogP contribution is -2.43. The van der Waals surface area contributed by atoms with Crippen LogP contribution in [0.15, 0.2) is 24.3 Å². The Morgan fingerprint density at radius 1 is 1.30 bits per heavy atom. The van der Waals surface area contributed by atoms with E-state index in [1.54, 1.807) is 12.1 Å². The molecule has 0 amide bonds. The molecule has 0 atom stereocenters. The molecule has 5 heteroatoms. The molecule has 0 unspecified atom stereocenters. The zero-order valence-corrected chi connectivity index (χ0v) is 11.7. The summed E-state index contributed by atoms with van der Waals surface area (Å²) in [5, 5.41) is 16.4. The number of nitrogens with two attached hydrogens (primary N) is 1. The van der Waals surface area contributed by atoms with Gasteiger partial charge in [0.1, 0.15) is 18.2 Å². The van der Waals surface area contributed by atoms with Gasteiger partial charge in [-0.05, 0) is 37.1 Å². The number of aliphatic hydroxyl groups is 1. The van der Waals surface area contributed by atoms with Crippen LogP contribution in [0.4, 0.5) is 0 Å². The SMILES string of the molecule is N=C(N)c1ccc(OCCN(CCO)C2CCC2)cc1. The molecule has 0 aromatic heterocycles. The second-order valence-electron chi connectivity index (χ2n) is 5.13. The van der Waals surface area contributed by atoms with Crippen molar-refractivity contribution in [2.24, 2.45) is 5.73 Å². The molecule has 1 aliphatic carbocycles. The molecular formula is C15H23N3O2. The maximum absolute atomic E-state index is 9.09. The largest absolute Gasteiger partial charge is 0.492 e. The van der Waals surface area contributed by atoms with Crippen LogP contribution in [-0.2, 0) is 0 Å². The van der Waals surface area contributed by atoms with E-state index in [1.807, 2.05) is 12.1 Å². The molecule has 1 aliphatic rings. The summed E-state index contributed by atoms with van der Waals surface area (Å²) < 4.78 is 5.70. The minimum atomic E-state index is 0.0654. The Morgan fingerprint density at radius 3 is 2.50 bits per heavy atom. The quantitative estimate of drug-likeness (QED) is 0.492. The molecule has 1 aromatic carbocycles. The molecule has 5 nitrogen and oxygen atoms in total. The molecule has 1 saturated carbocycles. The van der Waals surface area contributed by atoms with Gasteiger partial charge < -0.3 is 15.6 Å². The third-order valence-corrected chi connectivity index (χ3v) is 3.79. The van der Waals surface area contributed by atoms with Crippen LogP contribution in [-0.4, -0.2) is 48.2 Å². The lowest BCUT2D eigenvalue weighted by molar-refractivity contribution is 0.0860. The average molecular weight is 277 g/mol. The van der Waals surface area contributed by atoms with Crippen molar-refractivity contribution >= 4 is 5.84 Å². The predicted molar refractivity (Wildman–Crippen MR) is 79.3 cm³/mol. The molecular weight excluding hydrogens is 254 g/mol. The van der Waals surface area contributed by atoms with E-state index in [-0.39, 0.29) is 12.4 Å². The molecule has 1 aromatic rings. The van der Waals surface area contributed by atoms with Crippen LogP contribution in [0.5, 0.6) is 5.75 Å². The van der Waals surface area contributed by atoms with Gasteiger partial charge in [-0.2, -0.15) is 0 Å². The zero-order valence-electron chi connectivity index (χ0n) is 11.7. The van der Waals surface area contributed by atoms with E-state index in [9.17, 15) is 0 Å². The Bertz CT molecular complexity index is 429. The summed E-state index contributed by atoms with van der Waals surface area (Å²) >= 11 is 0. The Labute approximate surface area is 119 Å². The van der Waals surface area contributed by atoms with Gasteiger partial charge in [0, 0.05) is 24.7 Å². The molecule has 20 heavy (non-hydrogen) atoms. The van der Waals surface area contributed by atoms with E-state index >= 15 is 0 Å². The monoisotopic (exact) mass is 277 g/mol. The van der Waals surface area contributed by atoms with Gasteiger partial charge in [-0.1, -0.05) is 6.42 Å². The first kappa shape index (κ1) is 14.8. The summed E-state index contributed by atoms with van der Waals surface area (Å²) in [4.78, 5) is 2.30. The topological polar surface area (TPSA) is 82.6 Å². The van der Waals surface area contributed by atoms with Gasteiger partial charge in [0.25, 0.3) is 0 Å². The highest BCUT2D eigenvalue weighted by Crippen LogP contribution is 2.24. The summed E-state index contributed by atoms with van der Waals surface area (Å²) in [7, 11) is 0. The van der Waals surface area contributed by atoms with Crippen LogP contribution in [0, 0.1) is 5.41 Å². The number of aliphatic hydroxyl groups excluding tert-OH is 1. The number of nitrogen functional groups attached to an aromatic ring is 1. The molecule has 2 rings (SSSR count). The van der Waals surface area contributed by atoms with Gasteiger partial charge >= 0.3 is 0 Å². The highest BCUT2D eigenvalue weighted by Gasteiger charge is 2.24. The maximum Gasteiger partial charge on any atom is 0.122 e. The molecule has 0 spiro atoms. The van der Waals surface area contributed by atoms with Gasteiger partial charge in [-0.3, -0.25) is 10.3 Å². The number of nitrogens with zero attached hydrogens (tertiary/aromatic N) is 1. The first-order chi connectivity index (χ1) is 9.70. The van der Waals surface area contributed by atoms with Crippen LogP contribution in [0.3, 0.4) is 0 Å². The van der Waals surface area contributed by atoms with Crippen molar-refractivity contribution in [3.05, 3.63) is 29.8 Å². The third kappa shape index (κ3) is 3.95. The standard InChI is InChI=1S/C15H23N3O2/c16-15(17)12-4-6-14(7-5-12)20-11-9-18(8-10-19)13-2-1-3-13/h4-7,13,19H,1-3,8-11H2,(H3,16,17). The molecule has 110 valence electrons. The van der Waals surface area contributed by atoms with Crippen molar-refractivity contribution in [1.82, 2.24) is 4.90 Å². The van der Waals surface area contributed by atoms with Crippen molar-refractivity contribution in [2.45, 2.75) is 25.3 Å². The number of hydrogen-bond donors (Lipinski definition) is 3. The first-order valence-corrected chi connectivity index (χ1v) is 7.13. The summed E-state index contributed by atoms with van der Waals surface area (Å²) in [5.41, 5.74) is 6.11. The summed E-state index contributed by atoms with van der Waals surface area (Å²) in [6.07, 6.45) is 3.75. The van der Waals surface area contributed by atoms with E-state index in [0.29, 0.717) is 18.2 Å². The predicted octanol–water partition coefficient (Wildman–Crippen LogP) is 1.20. The normalized spacial score (nSPS) is 15.1. The fourth-order valence-electron chi connectivity index (χ4n) is 2.37. The van der Waals surface area contributed by atoms with E-state index in [2.05, 4.69) is 4.90 Å². The van der Waals surface area contributed by atoms with Crippen LogP contribution in [0.1, 0.15) is 24.8 Å². The first-order valence-electron chi connectivity index (χ1n) is 7.13. The summed E-state index contributed by atoms with van der Waals surface area (Å²) in [6.45, 7) is 2.36. The van der Waals surface area contributed by atoms with E-state index in [0.717, 1.165) is 18.8 Å². The van der Waals surface area contributed by atoms with Crippen molar-refractivity contribution in [1.29, 1.82) is 5.41 Å². The van der Waals surface area contributed by atoms with E-state index in [4.69, 9.17) is 21.0 Å². The number of hydrogen-bond acceptors (Lipinski definition) is 4. The van der Waals surface area contributed by atoms with Gasteiger partial charge in [0.2, 0.25) is 0 Å². The second-order valence-corrected chi connectivity index (χ2v) is 5.13. The fourth-order valence-corrected chi connectivity index (χ4v) is 2.37. The van der Waals surface area contributed by atoms with Gasteiger partial charge in [-0.15, -0.1) is 0 Å². The van der Waals surface area contributed by atoms with Crippen LogP contribution >= 0.6 is 0 Å². The van der Waals surface area contributed by atoms with Crippen molar-refractivity contribution in [2.75, 3.05) is 26.3 Å². The van der Waals surface area contributed by atoms with Crippen LogP contribution in [0.25, 0.3) is 0 Å². The highest BCUT2D eigenvalue weighted by molar-refractivity contribution is 5.94. The Morgan fingerprint density at radius 2 is 2.00 bits per heavy atom. The summed E-state index contributed by atoms with van der Waals surface area (Å²) in [6, 6.07) is 7.85. The third-order valence-electron chi connectivity index (χ3n) is 3.79. The van der Waals surface area contributed by atoms with Crippen LogP contribution in [0.2, 0.25) is 0 Å². The van der Waals surface area contributed by atoms with Gasteiger partial charge in [0.05, 0.1) is 6.61 Å². The number of amidine groups is 1. The molecule has 0 radical (unpaired) electrons. The van der Waals surface area contributed by atoms with Crippen LogP contribution < -0.4 is 10.5 Å². The molecule has 4 N–H and O–H groups in total. The minimum Gasteiger partial charge on any atom is -0.492 e. The van der Waals surface area contributed by atoms with Gasteiger partial charge in [-0.25, -0.2) is 0 Å². The average Bonchev–Trinajstić information content (AvgIpc) is 2.37. The summed E-state index contributed by atoms with van der Waals surface area (Å²) in [5.74, 6) is 0.850. The fraction of sp³-hybridized carbons (Fsp3) is 0.533. The molecule has 0 saturated heterocycles. The molecule has 1 fully saturated rings. The molecule has 0 heterocycles. The van der Waals surface area contributed by atoms with E-state index < -0.39 is 0 Å². The number of nitrogens with one attached hydrogen (secondary N) is 1.